The lowest BCUT2D eigenvalue weighted by molar-refractivity contribution is -0.142. The standard InChI is InChI=1S/C14H14ClNO2/c1-3-18-13(17)8-10-4-5-12-11(7-10)6-9(2)14(15)16-12/h4-7H,3,8H2,1-2H3. The van der Waals surface area contributed by atoms with Crippen molar-refractivity contribution >= 4 is 28.5 Å². The molecule has 1 aromatic carbocycles. The van der Waals surface area contributed by atoms with Crippen LogP contribution in [0.5, 0.6) is 0 Å². The Bertz CT molecular complexity index is 596. The second-order valence-corrected chi connectivity index (χ2v) is 4.46. The summed E-state index contributed by atoms with van der Waals surface area (Å²) in [6.45, 7) is 4.11. The van der Waals surface area contributed by atoms with E-state index in [0.717, 1.165) is 22.0 Å². The summed E-state index contributed by atoms with van der Waals surface area (Å²) >= 11 is 5.97. The topological polar surface area (TPSA) is 39.2 Å². The lowest BCUT2D eigenvalue weighted by atomic mass is 10.1. The zero-order chi connectivity index (χ0) is 13.1. The maximum Gasteiger partial charge on any atom is 0.310 e. The van der Waals surface area contributed by atoms with Crippen LogP contribution in [0, 0.1) is 6.92 Å². The Labute approximate surface area is 111 Å². The largest absolute Gasteiger partial charge is 0.466 e. The smallest absolute Gasteiger partial charge is 0.310 e. The highest BCUT2D eigenvalue weighted by molar-refractivity contribution is 6.30. The molecule has 3 nitrogen and oxygen atoms in total. The normalized spacial score (nSPS) is 10.6. The number of carbonyl (C=O) groups excluding carboxylic acids is 1. The summed E-state index contributed by atoms with van der Waals surface area (Å²) in [4.78, 5) is 15.7. The SMILES string of the molecule is CCOC(=O)Cc1ccc2nc(Cl)c(C)cc2c1. The van der Waals surface area contributed by atoms with Crippen molar-refractivity contribution in [2.24, 2.45) is 0 Å². The molecule has 0 bridgehead atoms. The number of aryl methyl sites for hydroxylation is 1. The van der Waals surface area contributed by atoms with Crippen LogP contribution in [0.3, 0.4) is 0 Å². The van der Waals surface area contributed by atoms with Crippen molar-refractivity contribution in [3.05, 3.63) is 40.5 Å². The van der Waals surface area contributed by atoms with Gasteiger partial charge < -0.3 is 4.74 Å². The fourth-order valence-corrected chi connectivity index (χ4v) is 1.94. The van der Waals surface area contributed by atoms with Gasteiger partial charge in [0.1, 0.15) is 5.15 Å². The third-order valence-electron chi connectivity index (χ3n) is 2.66. The van der Waals surface area contributed by atoms with Crippen LogP contribution in [-0.4, -0.2) is 17.6 Å². The molecule has 0 amide bonds. The molecule has 0 unspecified atom stereocenters. The highest BCUT2D eigenvalue weighted by atomic mass is 35.5. The van der Waals surface area contributed by atoms with Gasteiger partial charge in [0.05, 0.1) is 18.5 Å². The van der Waals surface area contributed by atoms with Gasteiger partial charge in [0.2, 0.25) is 0 Å². The highest BCUT2D eigenvalue weighted by Gasteiger charge is 2.06. The number of esters is 1. The van der Waals surface area contributed by atoms with E-state index in [1.165, 1.54) is 0 Å². The third kappa shape index (κ3) is 2.79. The van der Waals surface area contributed by atoms with E-state index in [-0.39, 0.29) is 12.4 Å². The number of fused-ring (bicyclic) bond motifs is 1. The van der Waals surface area contributed by atoms with Crippen LogP contribution in [-0.2, 0) is 16.0 Å². The quantitative estimate of drug-likeness (QED) is 0.630. The minimum Gasteiger partial charge on any atom is -0.466 e. The van der Waals surface area contributed by atoms with Crippen molar-refractivity contribution < 1.29 is 9.53 Å². The molecule has 18 heavy (non-hydrogen) atoms. The number of nitrogens with zero attached hydrogens (tertiary/aromatic N) is 1. The first-order chi connectivity index (χ1) is 8.60. The molecule has 0 aliphatic carbocycles. The minimum atomic E-state index is -0.213. The van der Waals surface area contributed by atoms with E-state index < -0.39 is 0 Å². The Kier molecular flexibility index (Phi) is 3.82. The summed E-state index contributed by atoms with van der Waals surface area (Å²) in [5, 5.41) is 1.50. The number of aromatic nitrogens is 1. The fraction of sp³-hybridized carbons (Fsp3) is 0.286. The number of hydrogen-bond donors (Lipinski definition) is 0. The van der Waals surface area contributed by atoms with Crippen molar-refractivity contribution in [1.29, 1.82) is 0 Å². The Morgan fingerprint density at radius 1 is 1.39 bits per heavy atom. The molecule has 0 atom stereocenters. The van der Waals surface area contributed by atoms with Gasteiger partial charge in [0.15, 0.2) is 0 Å². The summed E-state index contributed by atoms with van der Waals surface area (Å²) in [5.74, 6) is -0.213. The Hall–Kier alpha value is -1.61. The van der Waals surface area contributed by atoms with Crippen LogP contribution in [0.25, 0.3) is 10.9 Å². The number of ether oxygens (including phenoxy) is 1. The van der Waals surface area contributed by atoms with Crippen molar-refractivity contribution in [1.82, 2.24) is 4.98 Å². The Balaban J connectivity index is 2.32. The van der Waals surface area contributed by atoms with Crippen molar-refractivity contribution in [2.75, 3.05) is 6.61 Å². The van der Waals surface area contributed by atoms with Crippen LogP contribution in [0.2, 0.25) is 5.15 Å². The van der Waals surface area contributed by atoms with E-state index >= 15 is 0 Å². The molecule has 0 radical (unpaired) electrons. The second kappa shape index (κ2) is 5.36. The van der Waals surface area contributed by atoms with Crippen molar-refractivity contribution in [3.8, 4) is 0 Å². The number of pyridine rings is 1. The molecule has 0 aliphatic rings. The molecule has 0 spiro atoms. The first-order valence-corrected chi connectivity index (χ1v) is 6.19. The monoisotopic (exact) mass is 263 g/mol. The van der Waals surface area contributed by atoms with E-state index in [9.17, 15) is 4.79 Å². The molecule has 1 heterocycles. The number of hydrogen-bond acceptors (Lipinski definition) is 3. The number of rotatable bonds is 3. The van der Waals surface area contributed by atoms with E-state index in [4.69, 9.17) is 16.3 Å². The van der Waals surface area contributed by atoms with Gasteiger partial charge in [-0.3, -0.25) is 4.79 Å². The summed E-state index contributed by atoms with van der Waals surface area (Å²) in [7, 11) is 0. The van der Waals surface area contributed by atoms with Gasteiger partial charge in [0, 0.05) is 5.39 Å². The predicted octanol–water partition coefficient (Wildman–Crippen LogP) is 3.30. The molecule has 0 fully saturated rings. The Morgan fingerprint density at radius 3 is 2.89 bits per heavy atom. The summed E-state index contributed by atoms with van der Waals surface area (Å²) in [5.41, 5.74) is 2.68. The molecule has 0 N–H and O–H groups in total. The van der Waals surface area contributed by atoms with Crippen LogP contribution in [0.15, 0.2) is 24.3 Å². The molecule has 94 valence electrons. The predicted molar refractivity (Wildman–Crippen MR) is 71.8 cm³/mol. The van der Waals surface area contributed by atoms with Crippen LogP contribution in [0.4, 0.5) is 0 Å². The van der Waals surface area contributed by atoms with Crippen molar-refractivity contribution in [3.63, 3.8) is 0 Å². The lowest BCUT2D eigenvalue weighted by Crippen LogP contribution is -2.07. The summed E-state index contributed by atoms with van der Waals surface area (Å²) in [6.07, 6.45) is 0.283. The average molecular weight is 264 g/mol. The number of carbonyl (C=O) groups is 1. The molecular weight excluding hydrogens is 250 g/mol. The first kappa shape index (κ1) is 12.8. The number of halogens is 1. The maximum absolute atomic E-state index is 11.4. The van der Waals surface area contributed by atoms with E-state index in [2.05, 4.69) is 4.98 Å². The van der Waals surface area contributed by atoms with Crippen molar-refractivity contribution in [2.45, 2.75) is 20.3 Å². The zero-order valence-corrected chi connectivity index (χ0v) is 11.1. The number of benzene rings is 1. The zero-order valence-electron chi connectivity index (χ0n) is 10.4. The molecule has 1 aromatic heterocycles. The van der Waals surface area contributed by atoms with Gasteiger partial charge >= 0.3 is 5.97 Å². The molecule has 0 saturated heterocycles. The molecular formula is C14H14ClNO2. The van der Waals surface area contributed by atoms with E-state index in [0.29, 0.717) is 11.8 Å². The van der Waals surface area contributed by atoms with Gasteiger partial charge in [-0.2, -0.15) is 0 Å². The van der Waals surface area contributed by atoms with Gasteiger partial charge in [-0.1, -0.05) is 17.7 Å². The second-order valence-electron chi connectivity index (χ2n) is 4.10. The van der Waals surface area contributed by atoms with Gasteiger partial charge in [0.25, 0.3) is 0 Å². The first-order valence-electron chi connectivity index (χ1n) is 5.81. The van der Waals surface area contributed by atoms with Gasteiger partial charge in [-0.15, -0.1) is 0 Å². The van der Waals surface area contributed by atoms with Crippen LogP contribution < -0.4 is 0 Å². The minimum absolute atomic E-state index is 0.213. The average Bonchev–Trinajstić information content (AvgIpc) is 2.31. The van der Waals surface area contributed by atoms with E-state index in [1.807, 2.05) is 31.2 Å². The van der Waals surface area contributed by atoms with E-state index in [1.54, 1.807) is 6.92 Å². The van der Waals surface area contributed by atoms with Gasteiger partial charge in [-0.05, 0) is 43.2 Å². The maximum atomic E-state index is 11.4. The molecule has 0 aliphatic heterocycles. The highest BCUT2D eigenvalue weighted by Crippen LogP contribution is 2.21. The third-order valence-corrected chi connectivity index (χ3v) is 3.04. The molecule has 2 aromatic rings. The van der Waals surface area contributed by atoms with Crippen LogP contribution in [0.1, 0.15) is 18.1 Å². The lowest BCUT2D eigenvalue weighted by Gasteiger charge is -2.05. The summed E-state index contributed by atoms with van der Waals surface area (Å²) in [6, 6.07) is 7.66. The molecule has 0 saturated carbocycles. The fourth-order valence-electron chi connectivity index (χ4n) is 1.80. The molecule has 4 heteroatoms. The Morgan fingerprint density at radius 2 is 2.17 bits per heavy atom. The molecule has 2 rings (SSSR count). The van der Waals surface area contributed by atoms with Crippen LogP contribution >= 0.6 is 11.6 Å². The van der Waals surface area contributed by atoms with Gasteiger partial charge in [-0.25, -0.2) is 4.98 Å². The summed E-state index contributed by atoms with van der Waals surface area (Å²) < 4.78 is 4.93.